The molecule has 3 rings (SSSR count). The fourth-order valence-electron chi connectivity index (χ4n) is 2.79. The third-order valence-corrected chi connectivity index (χ3v) is 4.08. The first-order valence-electron chi connectivity index (χ1n) is 8.29. The SMILES string of the molecule is CC/C(=N/NC(=O)Cc1cccc2ccccc12)c1ccc(O)cc1. The summed E-state index contributed by atoms with van der Waals surface area (Å²) in [6.45, 7) is 1.97. The highest BCUT2D eigenvalue weighted by Crippen LogP contribution is 2.19. The monoisotopic (exact) mass is 332 g/mol. The minimum Gasteiger partial charge on any atom is -0.508 e. The quantitative estimate of drug-likeness (QED) is 0.547. The molecule has 25 heavy (non-hydrogen) atoms. The minimum atomic E-state index is -0.152. The summed E-state index contributed by atoms with van der Waals surface area (Å²) in [5, 5.41) is 15.8. The van der Waals surface area contributed by atoms with Gasteiger partial charge in [0.15, 0.2) is 0 Å². The molecular formula is C21H20N2O2. The van der Waals surface area contributed by atoms with E-state index in [0.717, 1.165) is 27.6 Å². The predicted octanol–water partition coefficient (Wildman–Crippen LogP) is 4.02. The molecule has 0 bridgehead atoms. The fourth-order valence-corrected chi connectivity index (χ4v) is 2.79. The van der Waals surface area contributed by atoms with Crippen LogP contribution < -0.4 is 5.43 Å². The number of amides is 1. The van der Waals surface area contributed by atoms with Gasteiger partial charge in [0, 0.05) is 0 Å². The second-order valence-electron chi connectivity index (χ2n) is 5.81. The van der Waals surface area contributed by atoms with Crippen LogP contribution in [0.2, 0.25) is 0 Å². The summed E-state index contributed by atoms with van der Waals surface area (Å²) >= 11 is 0. The first-order valence-corrected chi connectivity index (χ1v) is 8.29. The van der Waals surface area contributed by atoms with Crippen molar-refractivity contribution in [1.29, 1.82) is 0 Å². The molecule has 0 fully saturated rings. The number of fused-ring (bicyclic) bond motifs is 1. The Morgan fingerprint density at radius 1 is 1.00 bits per heavy atom. The second-order valence-corrected chi connectivity index (χ2v) is 5.81. The molecule has 1 amide bonds. The van der Waals surface area contributed by atoms with Crippen molar-refractivity contribution in [3.8, 4) is 5.75 Å². The van der Waals surface area contributed by atoms with Gasteiger partial charge in [-0.1, -0.05) is 49.4 Å². The van der Waals surface area contributed by atoms with Crippen LogP contribution in [0.5, 0.6) is 5.75 Å². The van der Waals surface area contributed by atoms with Crippen molar-refractivity contribution >= 4 is 22.4 Å². The van der Waals surface area contributed by atoms with Crippen LogP contribution >= 0.6 is 0 Å². The lowest BCUT2D eigenvalue weighted by molar-refractivity contribution is -0.120. The molecular weight excluding hydrogens is 312 g/mol. The first kappa shape index (κ1) is 16.7. The number of hydrogen-bond donors (Lipinski definition) is 2. The molecule has 3 aromatic rings. The summed E-state index contributed by atoms with van der Waals surface area (Å²) in [4.78, 5) is 12.3. The predicted molar refractivity (Wildman–Crippen MR) is 101 cm³/mol. The Kier molecular flexibility index (Phi) is 5.09. The van der Waals surface area contributed by atoms with E-state index in [0.29, 0.717) is 6.42 Å². The molecule has 126 valence electrons. The zero-order chi connectivity index (χ0) is 17.6. The number of hydrogen-bond acceptors (Lipinski definition) is 3. The topological polar surface area (TPSA) is 61.7 Å². The number of nitrogens with one attached hydrogen (secondary N) is 1. The Morgan fingerprint density at radius 2 is 1.72 bits per heavy atom. The largest absolute Gasteiger partial charge is 0.508 e. The Morgan fingerprint density at radius 3 is 2.48 bits per heavy atom. The van der Waals surface area contributed by atoms with E-state index in [4.69, 9.17) is 0 Å². The molecule has 0 spiro atoms. The molecule has 4 heteroatoms. The standard InChI is InChI=1S/C21H20N2O2/c1-2-20(16-10-12-18(24)13-11-16)22-23-21(25)14-17-8-5-7-15-6-3-4-9-19(15)17/h3-13,24H,2,14H2,1H3,(H,23,25)/b22-20-. The minimum absolute atomic E-state index is 0.152. The van der Waals surface area contributed by atoms with Crippen molar-refractivity contribution in [1.82, 2.24) is 5.43 Å². The molecule has 0 saturated carbocycles. The molecule has 0 atom stereocenters. The van der Waals surface area contributed by atoms with E-state index in [9.17, 15) is 9.90 Å². The number of rotatable bonds is 5. The Balaban J connectivity index is 1.74. The zero-order valence-electron chi connectivity index (χ0n) is 14.1. The number of phenols is 1. The van der Waals surface area contributed by atoms with Crippen molar-refractivity contribution in [3.63, 3.8) is 0 Å². The summed E-state index contributed by atoms with van der Waals surface area (Å²) in [6, 6.07) is 20.8. The van der Waals surface area contributed by atoms with Crippen LogP contribution in [-0.2, 0) is 11.2 Å². The van der Waals surface area contributed by atoms with Crippen molar-refractivity contribution in [2.24, 2.45) is 5.10 Å². The van der Waals surface area contributed by atoms with Crippen LogP contribution in [0.25, 0.3) is 10.8 Å². The highest BCUT2D eigenvalue weighted by molar-refractivity contribution is 6.01. The van der Waals surface area contributed by atoms with E-state index in [1.807, 2.05) is 49.4 Å². The van der Waals surface area contributed by atoms with E-state index < -0.39 is 0 Å². The third-order valence-electron chi connectivity index (χ3n) is 4.08. The van der Waals surface area contributed by atoms with Crippen LogP contribution in [0, 0.1) is 0 Å². The smallest absolute Gasteiger partial charge is 0.244 e. The van der Waals surface area contributed by atoms with Gasteiger partial charge in [0.25, 0.3) is 0 Å². The summed E-state index contributed by atoms with van der Waals surface area (Å²) in [5.41, 5.74) is 5.28. The summed E-state index contributed by atoms with van der Waals surface area (Å²) in [5.74, 6) is 0.0558. The van der Waals surface area contributed by atoms with E-state index in [1.165, 1.54) is 0 Å². The van der Waals surface area contributed by atoms with Gasteiger partial charge in [-0.3, -0.25) is 4.79 Å². The average molecular weight is 332 g/mol. The molecule has 0 radical (unpaired) electrons. The van der Waals surface area contributed by atoms with Gasteiger partial charge in [0.1, 0.15) is 5.75 Å². The Bertz CT molecular complexity index is 909. The van der Waals surface area contributed by atoms with Crippen LogP contribution in [0.15, 0.2) is 71.8 Å². The van der Waals surface area contributed by atoms with Gasteiger partial charge in [0.05, 0.1) is 12.1 Å². The molecule has 0 heterocycles. The normalized spacial score (nSPS) is 11.5. The van der Waals surface area contributed by atoms with Crippen LogP contribution in [0.1, 0.15) is 24.5 Å². The Labute approximate surface area is 146 Å². The van der Waals surface area contributed by atoms with Crippen molar-refractivity contribution in [2.45, 2.75) is 19.8 Å². The van der Waals surface area contributed by atoms with Crippen molar-refractivity contribution in [2.75, 3.05) is 0 Å². The summed E-state index contributed by atoms with van der Waals surface area (Å²) < 4.78 is 0. The third kappa shape index (κ3) is 4.04. The molecule has 0 unspecified atom stereocenters. The lowest BCUT2D eigenvalue weighted by atomic mass is 10.0. The van der Waals surface area contributed by atoms with Gasteiger partial charge in [-0.2, -0.15) is 5.10 Å². The van der Waals surface area contributed by atoms with Crippen molar-refractivity contribution < 1.29 is 9.90 Å². The number of benzene rings is 3. The Hall–Kier alpha value is -3.14. The maximum absolute atomic E-state index is 12.3. The number of hydrazone groups is 1. The highest BCUT2D eigenvalue weighted by atomic mass is 16.3. The van der Waals surface area contributed by atoms with Gasteiger partial charge in [0.2, 0.25) is 5.91 Å². The zero-order valence-corrected chi connectivity index (χ0v) is 14.1. The fraction of sp³-hybridized carbons (Fsp3) is 0.143. The number of aromatic hydroxyl groups is 1. The van der Waals surface area contributed by atoms with Gasteiger partial charge >= 0.3 is 0 Å². The lowest BCUT2D eigenvalue weighted by Gasteiger charge is -2.07. The number of carbonyl (C=O) groups is 1. The first-order chi connectivity index (χ1) is 12.2. The van der Waals surface area contributed by atoms with E-state index in [-0.39, 0.29) is 18.1 Å². The molecule has 2 N–H and O–H groups in total. The van der Waals surface area contributed by atoms with Crippen LogP contribution in [-0.4, -0.2) is 16.7 Å². The average Bonchev–Trinajstić information content (AvgIpc) is 2.64. The number of phenolic OH excluding ortho intramolecular Hbond substituents is 1. The highest BCUT2D eigenvalue weighted by Gasteiger charge is 2.07. The van der Waals surface area contributed by atoms with E-state index in [1.54, 1.807) is 24.3 Å². The number of carbonyl (C=O) groups excluding carboxylic acids is 1. The molecule has 0 aliphatic heterocycles. The van der Waals surface area contributed by atoms with Crippen molar-refractivity contribution in [3.05, 3.63) is 77.9 Å². The second kappa shape index (κ2) is 7.62. The summed E-state index contributed by atoms with van der Waals surface area (Å²) in [6.07, 6.45) is 0.955. The van der Waals surface area contributed by atoms with Crippen LogP contribution in [0.3, 0.4) is 0 Å². The molecule has 0 aliphatic rings. The van der Waals surface area contributed by atoms with Gasteiger partial charge in [-0.25, -0.2) is 5.43 Å². The number of nitrogens with zero attached hydrogens (tertiary/aromatic N) is 1. The maximum Gasteiger partial charge on any atom is 0.244 e. The van der Waals surface area contributed by atoms with E-state index in [2.05, 4.69) is 10.5 Å². The van der Waals surface area contributed by atoms with Gasteiger partial charge < -0.3 is 5.11 Å². The van der Waals surface area contributed by atoms with Gasteiger partial charge in [-0.15, -0.1) is 0 Å². The summed E-state index contributed by atoms with van der Waals surface area (Å²) in [7, 11) is 0. The van der Waals surface area contributed by atoms with E-state index >= 15 is 0 Å². The molecule has 0 saturated heterocycles. The molecule has 0 aliphatic carbocycles. The lowest BCUT2D eigenvalue weighted by Crippen LogP contribution is -2.22. The van der Waals surface area contributed by atoms with Crippen LogP contribution in [0.4, 0.5) is 0 Å². The molecule has 4 nitrogen and oxygen atoms in total. The maximum atomic E-state index is 12.3. The van der Waals surface area contributed by atoms with Gasteiger partial charge in [-0.05, 0) is 52.6 Å². The molecule has 3 aromatic carbocycles. The molecule has 0 aromatic heterocycles.